The number of rotatable bonds is 4. The number of hydrogen-bond acceptors (Lipinski definition) is 5. The van der Waals surface area contributed by atoms with Crippen molar-refractivity contribution in [3.05, 3.63) is 53.1 Å². The van der Waals surface area contributed by atoms with Crippen molar-refractivity contribution in [3.8, 4) is 11.5 Å². The summed E-state index contributed by atoms with van der Waals surface area (Å²) < 4.78 is 10.8. The maximum Gasteiger partial charge on any atom is 0.321 e. The molecular formula is C18H19N3O4. The first-order valence-corrected chi connectivity index (χ1v) is 7.82. The normalized spacial score (nSPS) is 11.9. The monoisotopic (exact) mass is 341 g/mol. The summed E-state index contributed by atoms with van der Waals surface area (Å²) in [6.45, 7) is 0.157. The number of ether oxygens (including phenoxy) is 2. The number of benzene rings is 2. The topological polar surface area (TPSA) is 103 Å². The van der Waals surface area contributed by atoms with Gasteiger partial charge in [0.1, 0.15) is 0 Å². The minimum atomic E-state index is -0.536. The molecule has 1 heterocycles. The highest BCUT2D eigenvalue weighted by molar-refractivity contribution is 5.95. The number of hydrogen-bond donors (Lipinski definition) is 3. The Morgan fingerprint density at radius 3 is 2.36 bits per heavy atom. The fraction of sp³-hybridized carbons (Fsp3) is 0.222. The van der Waals surface area contributed by atoms with E-state index in [-0.39, 0.29) is 13.2 Å². The van der Waals surface area contributed by atoms with Crippen LogP contribution in [0.15, 0.2) is 36.4 Å². The molecule has 0 fully saturated rings. The SMILES string of the molecule is CNC(=O)NC(=O)Cc1cc2c(cc1Cc1ccc(N)cc1)OCO2. The first kappa shape index (κ1) is 16.6. The molecule has 0 bridgehead atoms. The van der Waals surface area contributed by atoms with Gasteiger partial charge >= 0.3 is 6.03 Å². The summed E-state index contributed by atoms with van der Waals surface area (Å²) >= 11 is 0. The molecule has 0 unspecified atom stereocenters. The quantitative estimate of drug-likeness (QED) is 0.733. The minimum absolute atomic E-state index is 0.0639. The van der Waals surface area contributed by atoms with E-state index in [1.807, 2.05) is 30.3 Å². The maximum absolute atomic E-state index is 12.1. The highest BCUT2D eigenvalue weighted by Crippen LogP contribution is 2.35. The molecule has 7 heteroatoms. The van der Waals surface area contributed by atoms with Crippen LogP contribution in [0.5, 0.6) is 11.5 Å². The number of carbonyl (C=O) groups is 2. The van der Waals surface area contributed by atoms with Crippen LogP contribution in [0.25, 0.3) is 0 Å². The van der Waals surface area contributed by atoms with Crippen LogP contribution in [0.2, 0.25) is 0 Å². The lowest BCUT2D eigenvalue weighted by Gasteiger charge is -2.12. The van der Waals surface area contributed by atoms with Gasteiger partial charge in [-0.05, 0) is 47.4 Å². The van der Waals surface area contributed by atoms with E-state index in [4.69, 9.17) is 15.2 Å². The Hall–Kier alpha value is -3.22. The lowest BCUT2D eigenvalue weighted by atomic mass is 9.96. The Morgan fingerprint density at radius 2 is 1.72 bits per heavy atom. The van der Waals surface area contributed by atoms with Gasteiger partial charge in [0.05, 0.1) is 6.42 Å². The number of imide groups is 1. The molecule has 2 aromatic rings. The summed E-state index contributed by atoms with van der Waals surface area (Å²) in [5, 5.41) is 4.62. The predicted molar refractivity (Wildman–Crippen MR) is 92.5 cm³/mol. The van der Waals surface area contributed by atoms with E-state index in [0.29, 0.717) is 23.6 Å². The lowest BCUT2D eigenvalue weighted by molar-refractivity contribution is -0.119. The van der Waals surface area contributed by atoms with E-state index in [0.717, 1.165) is 16.7 Å². The number of nitrogen functional groups attached to an aromatic ring is 1. The zero-order chi connectivity index (χ0) is 17.8. The molecule has 0 atom stereocenters. The third kappa shape index (κ3) is 4.00. The number of urea groups is 1. The van der Waals surface area contributed by atoms with E-state index in [1.54, 1.807) is 6.07 Å². The fourth-order valence-electron chi connectivity index (χ4n) is 2.62. The van der Waals surface area contributed by atoms with Crippen molar-refractivity contribution in [3.63, 3.8) is 0 Å². The predicted octanol–water partition coefficient (Wildman–Crippen LogP) is 1.59. The van der Waals surface area contributed by atoms with Crippen LogP contribution in [0.4, 0.5) is 10.5 Å². The first-order chi connectivity index (χ1) is 12.0. The highest BCUT2D eigenvalue weighted by Gasteiger charge is 2.19. The summed E-state index contributed by atoms with van der Waals surface area (Å²) in [7, 11) is 1.45. The van der Waals surface area contributed by atoms with Crippen molar-refractivity contribution in [1.82, 2.24) is 10.6 Å². The second-order valence-electron chi connectivity index (χ2n) is 5.70. The molecule has 0 aliphatic carbocycles. The van der Waals surface area contributed by atoms with E-state index in [2.05, 4.69) is 10.6 Å². The molecule has 0 saturated heterocycles. The Kier molecular flexibility index (Phi) is 4.74. The van der Waals surface area contributed by atoms with Crippen molar-refractivity contribution in [2.75, 3.05) is 19.6 Å². The van der Waals surface area contributed by atoms with Crippen molar-refractivity contribution in [2.24, 2.45) is 0 Å². The molecule has 25 heavy (non-hydrogen) atoms. The molecule has 0 aromatic heterocycles. The van der Waals surface area contributed by atoms with Gasteiger partial charge < -0.3 is 20.5 Å². The number of carbonyl (C=O) groups excluding carboxylic acids is 2. The molecule has 1 aliphatic heterocycles. The van der Waals surface area contributed by atoms with Crippen LogP contribution in [0.1, 0.15) is 16.7 Å². The summed E-state index contributed by atoms with van der Waals surface area (Å²) in [4.78, 5) is 23.4. The Labute approximate surface area is 145 Å². The number of amides is 3. The second kappa shape index (κ2) is 7.12. The van der Waals surface area contributed by atoms with E-state index in [9.17, 15) is 9.59 Å². The van der Waals surface area contributed by atoms with Gasteiger partial charge in [0.15, 0.2) is 11.5 Å². The van der Waals surface area contributed by atoms with Crippen LogP contribution < -0.4 is 25.8 Å². The number of nitrogens with one attached hydrogen (secondary N) is 2. The molecule has 0 spiro atoms. The smallest absolute Gasteiger partial charge is 0.321 e. The summed E-state index contributed by atoms with van der Waals surface area (Å²) in [5.74, 6) is 0.862. The third-order valence-corrected chi connectivity index (χ3v) is 3.90. The molecular weight excluding hydrogens is 322 g/mol. The van der Waals surface area contributed by atoms with Gasteiger partial charge in [-0.25, -0.2) is 4.79 Å². The van der Waals surface area contributed by atoms with Crippen molar-refractivity contribution in [2.45, 2.75) is 12.8 Å². The van der Waals surface area contributed by atoms with E-state index in [1.165, 1.54) is 7.05 Å². The summed E-state index contributed by atoms with van der Waals surface area (Å²) in [5.41, 5.74) is 9.18. The van der Waals surface area contributed by atoms with Crippen LogP contribution >= 0.6 is 0 Å². The molecule has 2 aromatic carbocycles. The molecule has 130 valence electrons. The standard InChI is InChI=1S/C18H19N3O4/c1-20-18(23)21-17(22)9-13-8-16-15(24-10-25-16)7-12(13)6-11-2-4-14(19)5-3-11/h2-5,7-8H,6,9-10,19H2,1H3,(H2,20,21,22,23). The summed E-state index contributed by atoms with van der Waals surface area (Å²) in [6.07, 6.45) is 0.674. The van der Waals surface area contributed by atoms with Gasteiger partial charge in [-0.2, -0.15) is 0 Å². The van der Waals surface area contributed by atoms with Crippen LogP contribution in [0.3, 0.4) is 0 Å². The Bertz CT molecular complexity index is 803. The number of fused-ring (bicyclic) bond motifs is 1. The number of anilines is 1. The van der Waals surface area contributed by atoms with Crippen LogP contribution in [-0.4, -0.2) is 25.8 Å². The molecule has 3 amide bonds. The Balaban J connectivity index is 1.86. The van der Waals surface area contributed by atoms with Gasteiger partial charge in [0.25, 0.3) is 0 Å². The van der Waals surface area contributed by atoms with Gasteiger partial charge in [-0.3, -0.25) is 10.1 Å². The van der Waals surface area contributed by atoms with Gasteiger partial charge in [-0.15, -0.1) is 0 Å². The second-order valence-corrected chi connectivity index (χ2v) is 5.70. The van der Waals surface area contributed by atoms with Crippen molar-refractivity contribution >= 4 is 17.6 Å². The third-order valence-electron chi connectivity index (χ3n) is 3.90. The van der Waals surface area contributed by atoms with E-state index < -0.39 is 11.9 Å². The highest BCUT2D eigenvalue weighted by atomic mass is 16.7. The van der Waals surface area contributed by atoms with Crippen molar-refractivity contribution < 1.29 is 19.1 Å². The zero-order valence-corrected chi connectivity index (χ0v) is 13.8. The lowest BCUT2D eigenvalue weighted by Crippen LogP contribution is -2.38. The van der Waals surface area contributed by atoms with Crippen LogP contribution in [0, 0.1) is 0 Å². The van der Waals surface area contributed by atoms with Gasteiger partial charge in [-0.1, -0.05) is 12.1 Å². The average molecular weight is 341 g/mol. The average Bonchev–Trinajstić information content (AvgIpc) is 3.04. The molecule has 4 N–H and O–H groups in total. The minimum Gasteiger partial charge on any atom is -0.454 e. The first-order valence-electron chi connectivity index (χ1n) is 7.82. The van der Waals surface area contributed by atoms with E-state index >= 15 is 0 Å². The van der Waals surface area contributed by atoms with Gasteiger partial charge in [0, 0.05) is 12.7 Å². The molecule has 1 aliphatic rings. The summed E-state index contributed by atoms with van der Waals surface area (Å²) in [6, 6.07) is 10.7. The fourth-order valence-corrected chi connectivity index (χ4v) is 2.62. The zero-order valence-electron chi connectivity index (χ0n) is 13.8. The Morgan fingerprint density at radius 1 is 1.08 bits per heavy atom. The molecule has 0 saturated carbocycles. The van der Waals surface area contributed by atoms with Crippen molar-refractivity contribution in [1.29, 1.82) is 0 Å². The van der Waals surface area contributed by atoms with Crippen LogP contribution in [-0.2, 0) is 17.6 Å². The largest absolute Gasteiger partial charge is 0.454 e. The molecule has 0 radical (unpaired) electrons. The van der Waals surface area contributed by atoms with Gasteiger partial charge in [0.2, 0.25) is 12.7 Å². The molecule has 7 nitrogen and oxygen atoms in total. The maximum atomic E-state index is 12.1. The molecule has 3 rings (SSSR count). The number of nitrogens with two attached hydrogens (primary N) is 1.